The van der Waals surface area contributed by atoms with Crippen LogP contribution in [0.2, 0.25) is 20.1 Å². The largest absolute Gasteiger partial charge is 0.497 e. The minimum Gasteiger partial charge on any atom is -0.497 e. The van der Waals surface area contributed by atoms with Gasteiger partial charge in [-0.1, -0.05) is 115 Å². The first-order valence-corrected chi connectivity index (χ1v) is 29.3. The average Bonchev–Trinajstić information content (AvgIpc) is 3.33. The van der Waals surface area contributed by atoms with Gasteiger partial charge in [-0.25, -0.2) is 21.3 Å². The molecule has 0 radical (unpaired) electrons. The summed E-state index contributed by atoms with van der Waals surface area (Å²) in [6.07, 6.45) is 2.19. The van der Waals surface area contributed by atoms with Crippen LogP contribution in [0.15, 0.2) is 128 Å². The number of halogens is 7. The van der Waals surface area contributed by atoms with E-state index in [4.69, 9.17) is 77.1 Å². The van der Waals surface area contributed by atoms with Crippen LogP contribution in [-0.2, 0) is 42.7 Å². The molecule has 2 saturated heterocycles. The predicted octanol–water partition coefficient (Wildman–Crippen LogP) is 13.3. The van der Waals surface area contributed by atoms with Crippen molar-refractivity contribution in [2.24, 2.45) is 0 Å². The number of methoxy groups -OCH3 is 2. The Morgan fingerprint density at radius 2 is 0.908 bits per heavy atom. The van der Waals surface area contributed by atoms with Gasteiger partial charge in [0.1, 0.15) is 29.5 Å². The monoisotopic (exact) mass is 1300 g/mol. The first kappa shape index (κ1) is 60.9. The molecule has 0 saturated carbocycles. The summed E-state index contributed by atoms with van der Waals surface area (Å²) in [7, 11) is -5.24. The lowest BCUT2D eigenvalue weighted by Gasteiger charge is -2.33. The Hall–Kier alpha value is -4.35. The summed E-state index contributed by atoms with van der Waals surface area (Å²) >= 11 is 37.0. The lowest BCUT2D eigenvalue weighted by atomic mass is 10.2. The number of ether oxygens (including phenoxy) is 4. The van der Waals surface area contributed by atoms with E-state index in [0.29, 0.717) is 50.2 Å². The van der Waals surface area contributed by atoms with E-state index in [2.05, 4.69) is 31.9 Å². The summed E-state index contributed by atoms with van der Waals surface area (Å²) in [4.78, 5) is 25.9. The second-order valence-electron chi connectivity index (χ2n) is 17.1. The molecule has 1 amide bonds. The molecule has 0 unspecified atom stereocenters. The molecule has 0 spiro atoms. The van der Waals surface area contributed by atoms with Gasteiger partial charge in [0.25, 0.3) is 0 Å². The number of rotatable bonds is 18. The quantitative estimate of drug-likeness (QED) is 0.0808. The zero-order valence-corrected chi connectivity index (χ0v) is 49.8. The van der Waals surface area contributed by atoms with E-state index < -0.39 is 32.6 Å². The Labute approximate surface area is 484 Å². The number of carbonyl (C=O) groups excluding carboxylic acids is 1. The van der Waals surface area contributed by atoms with Gasteiger partial charge in [0.15, 0.2) is 11.5 Å². The molecule has 2 heterocycles. The fourth-order valence-electron chi connectivity index (χ4n) is 7.18. The fraction of sp³-hybridized carbons (Fsp3) is 0.269. The summed E-state index contributed by atoms with van der Waals surface area (Å²) in [6.45, 7) is 5.62. The van der Waals surface area contributed by atoms with Gasteiger partial charge >= 0.3 is 5.97 Å². The molecule has 0 bridgehead atoms. The number of amides is 1. The highest BCUT2D eigenvalue weighted by Crippen LogP contribution is 2.41. The SMILES string of the molecule is COc1ccc(CN(CC(=O)N2CCC2)S(=O)(=O)c2cc(Oc3c(Cl)cc(Br)cc3Cl)ccc2C)cc1.COc1ccc(CN(CC(=O)O)S(=O)(=O)c2cc(Oc3c(Cl)cc(Br)cc3Cl)ccc2C)cc1.ClN1CCC1. The first-order chi connectivity index (χ1) is 36.0. The van der Waals surface area contributed by atoms with Crippen molar-refractivity contribution >= 4 is 122 Å². The van der Waals surface area contributed by atoms with Gasteiger partial charge in [-0.05, 0) is 121 Å². The summed E-state index contributed by atoms with van der Waals surface area (Å²) in [5.41, 5.74) is 2.25. The number of carboxylic acids is 1. The number of aliphatic carboxylic acids is 1. The number of likely N-dealkylation sites (tertiary alicyclic amines) is 1. The number of hydrogen-bond acceptors (Lipinski definition) is 11. The van der Waals surface area contributed by atoms with Crippen LogP contribution < -0.4 is 18.9 Å². The first-order valence-electron chi connectivity index (χ1n) is 23.0. The molecule has 6 aromatic carbocycles. The second-order valence-corrected chi connectivity index (χ2v) is 24.8. The smallest absolute Gasteiger partial charge is 0.318 e. The van der Waals surface area contributed by atoms with Crippen LogP contribution in [0, 0.1) is 13.8 Å². The molecule has 2 fully saturated rings. The minimum absolute atomic E-state index is 0.0147. The van der Waals surface area contributed by atoms with E-state index in [1.54, 1.807) is 127 Å². The van der Waals surface area contributed by atoms with Crippen molar-refractivity contribution in [1.82, 2.24) is 17.9 Å². The van der Waals surface area contributed by atoms with Gasteiger partial charge in [0.05, 0.1) is 50.6 Å². The van der Waals surface area contributed by atoms with E-state index in [1.165, 1.54) is 30.0 Å². The maximum Gasteiger partial charge on any atom is 0.318 e. The molecule has 406 valence electrons. The molecule has 76 heavy (non-hydrogen) atoms. The Kier molecular flexibility index (Phi) is 22.0. The highest BCUT2D eigenvalue weighted by atomic mass is 79.9. The van der Waals surface area contributed by atoms with Crippen LogP contribution in [0.1, 0.15) is 35.1 Å². The van der Waals surface area contributed by atoms with E-state index in [1.807, 2.05) is 0 Å². The minimum atomic E-state index is -4.21. The van der Waals surface area contributed by atoms with Gasteiger partial charge in [0.2, 0.25) is 26.0 Å². The van der Waals surface area contributed by atoms with Gasteiger partial charge in [-0.2, -0.15) is 8.61 Å². The lowest BCUT2D eigenvalue weighted by Crippen LogP contribution is -2.48. The summed E-state index contributed by atoms with van der Waals surface area (Å²) < 4.78 is 82.2. The standard InChI is InChI=1S/C26H25BrCl2N2O5S.C23H20BrCl2NO6S.C3H6ClN/c1-17-4-7-21(36-26-22(28)12-19(27)13-23(26)29)14-24(17)37(33,34)31(16-25(32)30-10-3-11-30)15-18-5-8-20(35-2)9-6-18;1-14-3-6-18(33-23-19(25)9-16(24)10-20(23)26)11-21(14)34(30,31)27(13-22(28)29)12-15-4-7-17(32-2)8-5-15;4-5-2-1-3-5/h4-9,12-14H,3,10-11,15-16H2,1-2H3;3-11H,12-13H2,1-2H3,(H,28,29);1-3H2. The molecule has 8 rings (SSSR count). The fourth-order valence-corrected chi connectivity index (χ4v) is 13.2. The molecule has 15 nitrogen and oxygen atoms in total. The third-order valence-corrected chi connectivity index (χ3v) is 17.8. The predicted molar refractivity (Wildman–Crippen MR) is 303 cm³/mol. The number of nitrogens with zero attached hydrogens (tertiary/aromatic N) is 4. The Balaban J connectivity index is 0.000000226. The van der Waals surface area contributed by atoms with E-state index in [0.717, 1.165) is 29.4 Å². The van der Waals surface area contributed by atoms with Crippen molar-refractivity contribution in [3.05, 3.63) is 160 Å². The topological polar surface area (TPSA) is 173 Å². The number of aryl methyl sites for hydroxylation is 2. The van der Waals surface area contributed by atoms with Crippen molar-refractivity contribution in [1.29, 1.82) is 0 Å². The molecular weight excluding hydrogens is 1260 g/mol. The highest BCUT2D eigenvalue weighted by Gasteiger charge is 2.33. The zero-order valence-electron chi connectivity index (χ0n) is 41.2. The molecule has 0 aromatic heterocycles. The Morgan fingerprint density at radius 1 is 0.566 bits per heavy atom. The number of carboxylic acid groups (broad SMARTS) is 1. The molecule has 2 aliphatic rings. The van der Waals surface area contributed by atoms with Crippen molar-refractivity contribution in [3.63, 3.8) is 0 Å². The van der Waals surface area contributed by atoms with Crippen LogP contribution in [0.3, 0.4) is 0 Å². The van der Waals surface area contributed by atoms with Crippen LogP contribution in [0.4, 0.5) is 0 Å². The molecule has 6 aromatic rings. The molecule has 0 aliphatic carbocycles. The molecular formula is C52H51Br2Cl5N4O11S2. The third-order valence-electron chi connectivity index (χ3n) is 11.6. The summed E-state index contributed by atoms with van der Waals surface area (Å²) in [5.74, 6) is 0.533. The molecule has 24 heteroatoms. The van der Waals surface area contributed by atoms with E-state index >= 15 is 0 Å². The highest BCUT2D eigenvalue weighted by molar-refractivity contribution is 9.10. The van der Waals surface area contributed by atoms with Gasteiger partial charge < -0.3 is 29.0 Å². The van der Waals surface area contributed by atoms with Crippen molar-refractivity contribution in [2.45, 2.75) is 49.6 Å². The van der Waals surface area contributed by atoms with Crippen molar-refractivity contribution in [2.75, 3.05) is 53.5 Å². The second kappa shape index (κ2) is 27.5. The normalized spacial score (nSPS) is 13.4. The summed E-state index contributed by atoms with van der Waals surface area (Å²) in [5, 5.41) is 10.4. The number of carbonyl (C=O) groups is 2. The number of sulfonamides is 2. The van der Waals surface area contributed by atoms with Crippen molar-refractivity contribution < 1.29 is 50.5 Å². The average molecular weight is 1310 g/mol. The van der Waals surface area contributed by atoms with Crippen LogP contribution in [0.5, 0.6) is 34.5 Å². The van der Waals surface area contributed by atoms with Crippen LogP contribution >= 0.6 is 90.0 Å². The van der Waals surface area contributed by atoms with Crippen molar-refractivity contribution in [3.8, 4) is 34.5 Å². The Bertz CT molecular complexity index is 3220. The molecule has 0 atom stereocenters. The maximum atomic E-state index is 13.9. The zero-order chi connectivity index (χ0) is 55.5. The number of benzene rings is 6. The molecule has 1 N–H and O–H groups in total. The Morgan fingerprint density at radius 3 is 1.21 bits per heavy atom. The van der Waals surface area contributed by atoms with Crippen LogP contribution in [-0.4, -0.2) is 105 Å². The van der Waals surface area contributed by atoms with Crippen LogP contribution in [0.25, 0.3) is 0 Å². The number of hydrogen-bond donors (Lipinski definition) is 1. The van der Waals surface area contributed by atoms with E-state index in [-0.39, 0.29) is 78.4 Å². The van der Waals surface area contributed by atoms with Gasteiger partial charge in [-0.3, -0.25) is 9.59 Å². The lowest BCUT2D eigenvalue weighted by molar-refractivity contribution is -0.137. The third kappa shape index (κ3) is 16.4. The summed E-state index contributed by atoms with van der Waals surface area (Å²) in [6, 6.07) is 29.4. The van der Waals surface area contributed by atoms with E-state index in [9.17, 15) is 31.5 Å². The van der Waals surface area contributed by atoms with Gasteiger partial charge in [-0.15, -0.1) is 0 Å². The van der Waals surface area contributed by atoms with Gasteiger partial charge in [0, 0.05) is 60.3 Å². The maximum absolute atomic E-state index is 13.9. The molecule has 2 aliphatic heterocycles.